The summed E-state index contributed by atoms with van der Waals surface area (Å²) in [6, 6.07) is 53.4. The Kier molecular flexibility index (Phi) is 12.2. The molecule has 1 radical (unpaired) electrons. The molecular formula is C53H50IrN2-2. The summed E-state index contributed by atoms with van der Waals surface area (Å²) in [6.45, 7) is 9.17. The maximum Gasteiger partial charge on any atom is 0.0201 e. The van der Waals surface area contributed by atoms with Gasteiger partial charge in [0.2, 0.25) is 0 Å². The molecule has 5 aromatic carbocycles. The zero-order valence-electron chi connectivity index (χ0n) is 33.0. The van der Waals surface area contributed by atoms with Gasteiger partial charge in [0.05, 0.1) is 0 Å². The van der Waals surface area contributed by atoms with E-state index in [0.717, 1.165) is 40.9 Å². The fraction of sp³-hybridized carbons (Fsp3) is 0.245. The second-order valence-electron chi connectivity index (χ2n) is 16.1. The molecule has 1 saturated carbocycles. The molecule has 2 nitrogen and oxygen atoms in total. The zero-order valence-corrected chi connectivity index (χ0v) is 35.4. The van der Waals surface area contributed by atoms with Gasteiger partial charge < -0.3 is 9.97 Å². The number of nitrogens with zero attached hydrogens (tertiary/aromatic N) is 2. The summed E-state index contributed by atoms with van der Waals surface area (Å²) in [5.41, 5.74) is 18.2. The Balaban J connectivity index is 0.00000480. The van der Waals surface area contributed by atoms with E-state index in [4.69, 9.17) is 4.98 Å². The summed E-state index contributed by atoms with van der Waals surface area (Å²) in [5, 5.41) is 0. The summed E-state index contributed by atoms with van der Waals surface area (Å²) in [4.78, 5) is 9.44. The summed E-state index contributed by atoms with van der Waals surface area (Å²) in [7, 11) is 0. The maximum absolute atomic E-state index is 4.97. The molecule has 0 saturated heterocycles. The van der Waals surface area contributed by atoms with E-state index in [1.807, 2.05) is 24.4 Å². The van der Waals surface area contributed by atoms with E-state index in [0.29, 0.717) is 11.3 Å². The molecule has 0 aliphatic heterocycles. The fourth-order valence-electron chi connectivity index (χ4n) is 8.48. The van der Waals surface area contributed by atoms with Crippen LogP contribution in [0.5, 0.6) is 0 Å². The third-order valence-corrected chi connectivity index (χ3v) is 11.7. The molecule has 2 heterocycles. The first-order chi connectivity index (χ1) is 26.8. The van der Waals surface area contributed by atoms with Crippen LogP contribution in [-0.2, 0) is 38.4 Å². The van der Waals surface area contributed by atoms with Crippen LogP contribution in [0, 0.1) is 19.1 Å². The minimum atomic E-state index is 0. The van der Waals surface area contributed by atoms with Crippen molar-refractivity contribution >= 4 is 0 Å². The smallest absolute Gasteiger partial charge is 0.0201 e. The Hall–Kier alpha value is -4.95. The molecule has 8 rings (SSSR count). The number of hydrogen-bond acceptors (Lipinski definition) is 2. The third-order valence-electron chi connectivity index (χ3n) is 11.7. The molecule has 2 aromatic heterocycles. The fourth-order valence-corrected chi connectivity index (χ4v) is 8.48. The van der Waals surface area contributed by atoms with Gasteiger partial charge in [-0.05, 0) is 93.9 Å². The zero-order chi connectivity index (χ0) is 37.8. The predicted octanol–water partition coefficient (Wildman–Crippen LogP) is 13.8. The van der Waals surface area contributed by atoms with Crippen LogP contribution in [0.25, 0.3) is 55.9 Å². The van der Waals surface area contributed by atoms with E-state index in [1.54, 1.807) is 0 Å². The molecule has 0 N–H and O–H groups in total. The van der Waals surface area contributed by atoms with Crippen molar-refractivity contribution < 1.29 is 20.1 Å². The predicted molar refractivity (Wildman–Crippen MR) is 230 cm³/mol. The van der Waals surface area contributed by atoms with E-state index < -0.39 is 0 Å². The molecule has 3 heteroatoms. The van der Waals surface area contributed by atoms with E-state index in [9.17, 15) is 0 Å². The van der Waals surface area contributed by atoms with E-state index in [-0.39, 0.29) is 20.1 Å². The molecule has 0 bridgehead atoms. The maximum atomic E-state index is 4.97. The number of rotatable bonds is 10. The van der Waals surface area contributed by atoms with Crippen molar-refractivity contribution in [3.63, 3.8) is 0 Å². The SMILES string of the molecule is Cc1cc(CCc2c[c-]c(-c3ccccn3)cc2)cc(-c2ccccc2-c2c[c-]c(-c3cc(-c4ccc(C5(C)CCCCC5)cc4)c(C(C)C)cn3)cc2)c1.[Ir]. The van der Waals surface area contributed by atoms with Crippen molar-refractivity contribution in [2.45, 2.75) is 84.0 Å². The molecular weight excluding hydrogens is 857 g/mol. The van der Waals surface area contributed by atoms with Crippen LogP contribution in [0.1, 0.15) is 86.6 Å². The average molecular weight is 907 g/mol. The van der Waals surface area contributed by atoms with Crippen molar-refractivity contribution in [1.82, 2.24) is 9.97 Å². The van der Waals surface area contributed by atoms with Gasteiger partial charge in [0.1, 0.15) is 0 Å². The van der Waals surface area contributed by atoms with Crippen LogP contribution < -0.4 is 0 Å². The minimum Gasteiger partial charge on any atom is -0.305 e. The molecule has 0 atom stereocenters. The number of pyridine rings is 2. The molecule has 283 valence electrons. The number of benzene rings is 5. The minimum absolute atomic E-state index is 0. The van der Waals surface area contributed by atoms with Crippen LogP contribution >= 0.6 is 0 Å². The van der Waals surface area contributed by atoms with Gasteiger partial charge in [-0.15, -0.1) is 65.2 Å². The summed E-state index contributed by atoms with van der Waals surface area (Å²) < 4.78 is 0. The molecule has 0 spiro atoms. The Morgan fingerprint density at radius 2 is 1.29 bits per heavy atom. The Labute approximate surface area is 347 Å². The van der Waals surface area contributed by atoms with Crippen molar-refractivity contribution in [3.05, 3.63) is 180 Å². The number of aromatic nitrogens is 2. The second-order valence-corrected chi connectivity index (χ2v) is 16.1. The van der Waals surface area contributed by atoms with Gasteiger partial charge in [0.25, 0.3) is 0 Å². The molecule has 7 aromatic rings. The monoisotopic (exact) mass is 907 g/mol. The summed E-state index contributed by atoms with van der Waals surface area (Å²) >= 11 is 0. The largest absolute Gasteiger partial charge is 0.305 e. The van der Waals surface area contributed by atoms with Gasteiger partial charge in [0, 0.05) is 32.5 Å². The summed E-state index contributed by atoms with van der Waals surface area (Å²) in [6.07, 6.45) is 12.4. The molecule has 1 aliphatic carbocycles. The normalized spacial score (nSPS) is 13.7. The van der Waals surface area contributed by atoms with Crippen LogP contribution in [0.2, 0.25) is 0 Å². The second kappa shape index (κ2) is 17.5. The van der Waals surface area contributed by atoms with Gasteiger partial charge in [-0.25, -0.2) is 0 Å². The van der Waals surface area contributed by atoms with Crippen molar-refractivity contribution in [2.24, 2.45) is 0 Å². The van der Waals surface area contributed by atoms with E-state index in [2.05, 4.69) is 160 Å². The van der Waals surface area contributed by atoms with E-state index in [1.165, 1.54) is 87.7 Å². The van der Waals surface area contributed by atoms with Crippen molar-refractivity contribution in [3.8, 4) is 55.9 Å². The first-order valence-corrected chi connectivity index (χ1v) is 20.1. The standard InChI is InChI=1S/C53H50N2.Ir/c1-37(2)50-36-55-52(35-49(50)42-25-27-46(28-26-42)53(4)29-9-5-10-30-53)44-23-21-41(22-24-44)47-12-6-7-13-48(47)45-33-38(3)32-40(34-45)16-15-39-17-19-43(20-18-39)51-14-8-11-31-54-51;/h6-8,11-14,17-19,21-23,25-28,31-37H,5,9-10,15-16,29-30H2,1-4H3;/q-2;. The molecule has 1 fully saturated rings. The quantitative estimate of drug-likeness (QED) is 0.128. The first kappa shape index (κ1) is 39.3. The summed E-state index contributed by atoms with van der Waals surface area (Å²) in [5.74, 6) is 0.375. The third kappa shape index (κ3) is 8.71. The number of hydrogen-bond donors (Lipinski definition) is 0. The average Bonchev–Trinajstić information content (AvgIpc) is 3.23. The molecule has 0 unspecified atom stereocenters. The van der Waals surface area contributed by atoms with Gasteiger partial charge in [-0.2, -0.15) is 0 Å². The molecule has 1 aliphatic rings. The van der Waals surface area contributed by atoms with Gasteiger partial charge in [-0.1, -0.05) is 148 Å². The van der Waals surface area contributed by atoms with E-state index >= 15 is 0 Å². The van der Waals surface area contributed by atoms with Gasteiger partial charge in [-0.3, -0.25) is 0 Å². The van der Waals surface area contributed by atoms with Gasteiger partial charge >= 0.3 is 0 Å². The topological polar surface area (TPSA) is 25.8 Å². The molecule has 0 amide bonds. The number of aryl methyl sites for hydroxylation is 3. The van der Waals surface area contributed by atoms with Crippen LogP contribution in [0.15, 0.2) is 140 Å². The Morgan fingerprint density at radius 1 is 0.607 bits per heavy atom. The molecule has 56 heavy (non-hydrogen) atoms. The van der Waals surface area contributed by atoms with Crippen LogP contribution in [0.3, 0.4) is 0 Å². The Bertz CT molecular complexity index is 2370. The van der Waals surface area contributed by atoms with Crippen molar-refractivity contribution in [1.29, 1.82) is 0 Å². The van der Waals surface area contributed by atoms with Gasteiger partial charge in [0.15, 0.2) is 0 Å². The van der Waals surface area contributed by atoms with Crippen molar-refractivity contribution in [2.75, 3.05) is 0 Å². The Morgan fingerprint density at radius 3 is 1.96 bits per heavy atom. The van der Waals surface area contributed by atoms with Crippen LogP contribution in [-0.4, -0.2) is 9.97 Å². The van der Waals surface area contributed by atoms with Crippen LogP contribution in [0.4, 0.5) is 0 Å². The first-order valence-electron chi connectivity index (χ1n) is 20.1.